The smallest absolute Gasteiger partial charge is 0.303 e. The van der Waals surface area contributed by atoms with Crippen LogP contribution in [0.25, 0.3) is 0 Å². The van der Waals surface area contributed by atoms with Crippen molar-refractivity contribution in [2.45, 2.75) is 76.0 Å². The van der Waals surface area contributed by atoms with Crippen molar-refractivity contribution < 1.29 is 27.4 Å². The first-order valence-corrected chi connectivity index (χ1v) is 15.7. The Labute approximate surface area is 244 Å². The van der Waals surface area contributed by atoms with Crippen LogP contribution in [0.2, 0.25) is 0 Å². The molecule has 2 aliphatic heterocycles. The second-order valence-corrected chi connectivity index (χ2v) is 13.1. The fraction of sp³-hybridized carbons (Fsp3) is 0.394. The number of carboxylic acids is 1. The maximum Gasteiger partial charge on any atom is 0.303 e. The Hall–Kier alpha value is -3.49. The highest BCUT2D eigenvalue weighted by Crippen LogP contribution is 2.48. The van der Waals surface area contributed by atoms with Gasteiger partial charge in [-0.15, -0.1) is 0 Å². The summed E-state index contributed by atoms with van der Waals surface area (Å²) in [6.07, 6.45) is 13.0. The van der Waals surface area contributed by atoms with Gasteiger partial charge in [-0.3, -0.25) is 9.35 Å². The van der Waals surface area contributed by atoms with Crippen molar-refractivity contribution in [3.05, 3.63) is 89.7 Å². The van der Waals surface area contributed by atoms with Gasteiger partial charge in [-0.05, 0) is 63.5 Å². The molecule has 0 spiro atoms. The SMILES string of the molecule is CCN1C(=C/C=C/C=C/C2=[N+](CCCCCC(=O)O)c3ccccc3C2(C)C)C(C)(C)c2cc(S(=O)(=O)O)ccc21. The monoisotopic (exact) mass is 577 g/mol. The van der Waals surface area contributed by atoms with Crippen LogP contribution in [0.5, 0.6) is 0 Å². The van der Waals surface area contributed by atoms with E-state index in [0.717, 1.165) is 42.9 Å². The molecule has 2 aromatic carbocycles. The lowest BCUT2D eigenvalue weighted by Crippen LogP contribution is -2.27. The summed E-state index contributed by atoms with van der Waals surface area (Å²) in [5.41, 5.74) is 5.94. The summed E-state index contributed by atoms with van der Waals surface area (Å²) in [6, 6.07) is 13.3. The summed E-state index contributed by atoms with van der Waals surface area (Å²) in [5, 5.41) is 8.95. The third kappa shape index (κ3) is 6.09. The molecule has 2 aromatic rings. The zero-order valence-corrected chi connectivity index (χ0v) is 25.4. The molecule has 0 fully saturated rings. The predicted molar refractivity (Wildman–Crippen MR) is 164 cm³/mol. The number of anilines is 1. The maximum atomic E-state index is 11.8. The van der Waals surface area contributed by atoms with Gasteiger partial charge in [-0.25, -0.2) is 0 Å². The summed E-state index contributed by atoms with van der Waals surface area (Å²) in [6.45, 7) is 12.2. The van der Waals surface area contributed by atoms with Crippen molar-refractivity contribution in [1.82, 2.24) is 0 Å². The van der Waals surface area contributed by atoms with Crippen molar-refractivity contribution in [3.8, 4) is 0 Å². The van der Waals surface area contributed by atoms with E-state index >= 15 is 0 Å². The third-order valence-electron chi connectivity index (χ3n) is 8.28. The van der Waals surface area contributed by atoms with Crippen LogP contribution in [0, 0.1) is 0 Å². The molecule has 0 saturated carbocycles. The third-order valence-corrected chi connectivity index (χ3v) is 9.13. The van der Waals surface area contributed by atoms with Crippen LogP contribution in [0.3, 0.4) is 0 Å². The van der Waals surface area contributed by atoms with Gasteiger partial charge in [0.25, 0.3) is 10.1 Å². The molecular formula is C33H41N2O5S+. The van der Waals surface area contributed by atoms with Crippen LogP contribution in [-0.4, -0.2) is 47.4 Å². The Bertz CT molecular complexity index is 1560. The van der Waals surface area contributed by atoms with Crippen LogP contribution in [0.15, 0.2) is 83.4 Å². The van der Waals surface area contributed by atoms with Gasteiger partial charge < -0.3 is 10.0 Å². The van der Waals surface area contributed by atoms with Crippen molar-refractivity contribution in [2.75, 3.05) is 18.0 Å². The molecule has 7 nitrogen and oxygen atoms in total. The fourth-order valence-corrected chi connectivity index (χ4v) is 6.62. The van der Waals surface area contributed by atoms with Crippen LogP contribution in [0.4, 0.5) is 11.4 Å². The first kappa shape index (κ1) is 30.5. The summed E-state index contributed by atoms with van der Waals surface area (Å²) in [5.74, 6) is -0.746. The van der Waals surface area contributed by atoms with Gasteiger partial charge in [-0.2, -0.15) is 13.0 Å². The lowest BCUT2D eigenvalue weighted by Gasteiger charge is -2.25. The van der Waals surface area contributed by atoms with Gasteiger partial charge in [0.2, 0.25) is 5.69 Å². The van der Waals surface area contributed by atoms with Gasteiger partial charge in [0.05, 0.1) is 10.3 Å². The fourth-order valence-electron chi connectivity index (χ4n) is 6.12. The Kier molecular flexibility index (Phi) is 8.76. The number of carboxylic acid groups (broad SMARTS) is 1. The maximum absolute atomic E-state index is 11.8. The van der Waals surface area contributed by atoms with Crippen molar-refractivity contribution in [1.29, 1.82) is 0 Å². The van der Waals surface area contributed by atoms with E-state index in [9.17, 15) is 17.8 Å². The summed E-state index contributed by atoms with van der Waals surface area (Å²) in [7, 11) is -4.29. The molecule has 8 heteroatoms. The number of allylic oxidation sites excluding steroid dienone is 6. The van der Waals surface area contributed by atoms with Gasteiger partial charge >= 0.3 is 5.97 Å². The molecule has 0 saturated heterocycles. The summed E-state index contributed by atoms with van der Waals surface area (Å²) < 4.78 is 35.5. The molecule has 0 amide bonds. The van der Waals surface area contributed by atoms with Crippen molar-refractivity contribution in [3.63, 3.8) is 0 Å². The number of carbonyl (C=O) groups is 1. The quantitative estimate of drug-likeness (QED) is 0.132. The van der Waals surface area contributed by atoms with Gasteiger partial charge in [0, 0.05) is 53.9 Å². The first-order chi connectivity index (χ1) is 19.3. The van der Waals surface area contributed by atoms with Crippen molar-refractivity contribution >= 4 is 33.2 Å². The van der Waals surface area contributed by atoms with E-state index in [1.165, 1.54) is 23.0 Å². The molecular weight excluding hydrogens is 536 g/mol. The summed E-state index contributed by atoms with van der Waals surface area (Å²) in [4.78, 5) is 13.0. The molecule has 218 valence electrons. The van der Waals surface area contributed by atoms with E-state index < -0.39 is 21.5 Å². The standard InChI is InChI=1S/C33H40N2O5S/c1-6-34-28-21-20-24(41(38,39)40)23-26(28)33(4,5)29(34)17-9-7-10-18-30-32(2,3)25-15-12-13-16-27(25)35(30)22-14-8-11-19-31(36)37/h7,9-10,12-13,15-18,20-21,23H,6,8,11,14,19,22H2,1-5H3,(H-,36,37,38,39,40)/p+1. The van der Waals surface area contributed by atoms with E-state index in [1.807, 2.05) is 12.2 Å². The number of nitrogens with zero attached hydrogens (tertiary/aromatic N) is 2. The highest BCUT2D eigenvalue weighted by molar-refractivity contribution is 7.85. The van der Waals surface area contributed by atoms with Gasteiger partial charge in [0.15, 0.2) is 5.71 Å². The minimum atomic E-state index is -4.29. The molecule has 0 unspecified atom stereocenters. The lowest BCUT2D eigenvalue weighted by atomic mass is 9.81. The molecule has 0 aromatic heterocycles. The van der Waals surface area contributed by atoms with Crippen LogP contribution < -0.4 is 4.90 Å². The second-order valence-electron chi connectivity index (χ2n) is 11.7. The number of rotatable bonds is 11. The van der Waals surface area contributed by atoms with Crippen molar-refractivity contribution in [2.24, 2.45) is 0 Å². The molecule has 2 heterocycles. The first-order valence-electron chi connectivity index (χ1n) is 14.2. The largest absolute Gasteiger partial charge is 0.481 e. The Morgan fingerprint density at radius 2 is 1.68 bits per heavy atom. The molecule has 4 rings (SSSR count). The van der Waals surface area contributed by atoms with Crippen LogP contribution in [0.1, 0.15) is 71.4 Å². The Morgan fingerprint density at radius 1 is 0.951 bits per heavy atom. The normalized spacial score (nSPS) is 18.6. The molecule has 0 aliphatic carbocycles. The van der Waals surface area contributed by atoms with E-state index in [0.29, 0.717) is 6.42 Å². The minimum Gasteiger partial charge on any atom is -0.481 e. The second kappa shape index (κ2) is 11.8. The summed E-state index contributed by atoms with van der Waals surface area (Å²) >= 11 is 0. The topological polar surface area (TPSA) is 97.9 Å². The molecule has 0 radical (unpaired) electrons. The Balaban J connectivity index is 1.59. The number of aliphatic carboxylic acids is 1. The van der Waals surface area contributed by atoms with E-state index in [2.05, 4.69) is 86.6 Å². The van der Waals surface area contributed by atoms with E-state index in [-0.39, 0.29) is 16.7 Å². The highest BCUT2D eigenvalue weighted by atomic mass is 32.2. The number of hydrogen-bond donors (Lipinski definition) is 2. The number of benzene rings is 2. The highest BCUT2D eigenvalue weighted by Gasteiger charge is 2.44. The number of fused-ring (bicyclic) bond motifs is 2. The molecule has 0 atom stereocenters. The molecule has 41 heavy (non-hydrogen) atoms. The Morgan fingerprint density at radius 3 is 2.37 bits per heavy atom. The average Bonchev–Trinajstić information content (AvgIpc) is 3.26. The zero-order chi connectivity index (χ0) is 30.0. The molecule has 0 bridgehead atoms. The lowest BCUT2D eigenvalue weighted by molar-refractivity contribution is -0.438. The number of hydrogen-bond acceptors (Lipinski definition) is 4. The van der Waals surface area contributed by atoms with E-state index in [1.54, 1.807) is 12.1 Å². The molecule has 2 N–H and O–H groups in total. The van der Waals surface area contributed by atoms with Crippen LogP contribution >= 0.6 is 0 Å². The van der Waals surface area contributed by atoms with Gasteiger partial charge in [0.1, 0.15) is 6.54 Å². The van der Waals surface area contributed by atoms with Crippen LogP contribution in [-0.2, 0) is 25.7 Å². The molecule has 2 aliphatic rings. The zero-order valence-electron chi connectivity index (χ0n) is 24.6. The predicted octanol–water partition coefficient (Wildman–Crippen LogP) is 6.77. The number of likely N-dealkylation sites (N-methyl/N-ethyl adjacent to an activating group) is 1. The number of para-hydroxylation sites is 1. The average molecular weight is 578 g/mol. The van der Waals surface area contributed by atoms with Gasteiger partial charge in [-0.1, -0.05) is 50.3 Å². The van der Waals surface area contributed by atoms with E-state index in [4.69, 9.17) is 5.11 Å². The minimum absolute atomic E-state index is 0.0938. The number of unbranched alkanes of at least 4 members (excludes halogenated alkanes) is 2.